The lowest BCUT2D eigenvalue weighted by atomic mass is 9.95. The van der Waals surface area contributed by atoms with E-state index in [9.17, 15) is 9.59 Å². The van der Waals surface area contributed by atoms with E-state index in [4.69, 9.17) is 0 Å². The lowest BCUT2D eigenvalue weighted by Gasteiger charge is -2.19. The van der Waals surface area contributed by atoms with Crippen LogP contribution in [0, 0.1) is 10.8 Å². The third kappa shape index (κ3) is 8.51. The SMILES string of the molecule is CC(C)(C)C(=O)Nc1ccc(Br)cc1-c1ncccn1.CC(C)(C)C(=O)Nc1ccccc1-c1ncccn1. The van der Waals surface area contributed by atoms with Crippen LogP contribution in [0.2, 0.25) is 0 Å². The van der Waals surface area contributed by atoms with Crippen LogP contribution in [-0.2, 0) is 9.59 Å². The molecular weight excluding hydrogens is 556 g/mol. The molecule has 0 unspecified atom stereocenters. The average molecular weight is 590 g/mol. The monoisotopic (exact) mass is 588 g/mol. The average Bonchev–Trinajstić information content (AvgIpc) is 2.90. The number of rotatable bonds is 4. The highest BCUT2D eigenvalue weighted by Crippen LogP contribution is 2.30. The third-order valence-corrected chi connectivity index (χ3v) is 5.87. The molecule has 0 fully saturated rings. The molecular formula is C30H33BrN6O2. The fourth-order valence-electron chi connectivity index (χ4n) is 3.09. The summed E-state index contributed by atoms with van der Waals surface area (Å²) in [6.07, 6.45) is 6.73. The van der Waals surface area contributed by atoms with Crippen LogP contribution < -0.4 is 10.6 Å². The van der Waals surface area contributed by atoms with Gasteiger partial charge in [-0.25, -0.2) is 19.9 Å². The molecule has 4 aromatic rings. The second-order valence-corrected chi connectivity index (χ2v) is 11.7. The zero-order valence-corrected chi connectivity index (χ0v) is 24.6. The van der Waals surface area contributed by atoms with Crippen LogP contribution >= 0.6 is 15.9 Å². The van der Waals surface area contributed by atoms with Gasteiger partial charge in [0.1, 0.15) is 0 Å². The molecule has 0 saturated heterocycles. The van der Waals surface area contributed by atoms with Crippen molar-refractivity contribution in [3.63, 3.8) is 0 Å². The molecule has 2 aromatic carbocycles. The van der Waals surface area contributed by atoms with Crippen LogP contribution in [0.3, 0.4) is 0 Å². The smallest absolute Gasteiger partial charge is 0.229 e. The van der Waals surface area contributed by atoms with Crippen molar-refractivity contribution in [1.82, 2.24) is 19.9 Å². The van der Waals surface area contributed by atoms with Crippen molar-refractivity contribution in [2.24, 2.45) is 10.8 Å². The molecule has 0 atom stereocenters. The van der Waals surface area contributed by atoms with Crippen LogP contribution in [0.4, 0.5) is 11.4 Å². The Hall–Kier alpha value is -3.98. The summed E-state index contributed by atoms with van der Waals surface area (Å²) < 4.78 is 0.911. The number of carbonyl (C=O) groups excluding carboxylic acids is 2. The maximum Gasteiger partial charge on any atom is 0.229 e. The second kappa shape index (κ2) is 12.7. The number of benzene rings is 2. The Labute approximate surface area is 237 Å². The zero-order valence-electron chi connectivity index (χ0n) is 23.0. The van der Waals surface area contributed by atoms with Gasteiger partial charge in [-0.2, -0.15) is 0 Å². The normalized spacial score (nSPS) is 11.2. The highest BCUT2D eigenvalue weighted by molar-refractivity contribution is 9.10. The first kappa shape index (κ1) is 29.6. The molecule has 0 saturated carbocycles. The fraction of sp³-hybridized carbons (Fsp3) is 0.267. The van der Waals surface area contributed by atoms with E-state index in [0.717, 1.165) is 21.3 Å². The van der Waals surface area contributed by atoms with Crippen LogP contribution in [0.15, 0.2) is 83.9 Å². The van der Waals surface area contributed by atoms with Gasteiger partial charge < -0.3 is 10.6 Å². The zero-order chi connectivity index (χ0) is 28.6. The maximum atomic E-state index is 12.1. The molecule has 2 heterocycles. The van der Waals surface area contributed by atoms with E-state index < -0.39 is 10.8 Å². The highest BCUT2D eigenvalue weighted by Gasteiger charge is 2.23. The summed E-state index contributed by atoms with van der Waals surface area (Å²) in [5.41, 5.74) is 2.15. The molecule has 9 heteroatoms. The molecule has 0 bridgehead atoms. The Kier molecular flexibility index (Phi) is 9.64. The Bertz CT molecular complexity index is 1420. The second-order valence-electron chi connectivity index (χ2n) is 10.8. The molecule has 202 valence electrons. The van der Waals surface area contributed by atoms with Gasteiger partial charge in [-0.1, -0.05) is 69.6 Å². The summed E-state index contributed by atoms with van der Waals surface area (Å²) in [6, 6.07) is 16.7. The minimum atomic E-state index is -0.456. The summed E-state index contributed by atoms with van der Waals surface area (Å²) in [5.74, 6) is 1.11. The van der Waals surface area contributed by atoms with E-state index in [1.807, 2.05) is 84.0 Å². The molecule has 2 aromatic heterocycles. The molecule has 0 aliphatic heterocycles. The van der Waals surface area contributed by atoms with Gasteiger partial charge in [0.05, 0.1) is 11.4 Å². The lowest BCUT2D eigenvalue weighted by Crippen LogP contribution is -2.27. The molecule has 39 heavy (non-hydrogen) atoms. The summed E-state index contributed by atoms with van der Waals surface area (Å²) in [6.45, 7) is 11.3. The van der Waals surface area contributed by atoms with Crippen molar-refractivity contribution in [3.05, 3.63) is 83.9 Å². The van der Waals surface area contributed by atoms with Gasteiger partial charge >= 0.3 is 0 Å². The van der Waals surface area contributed by atoms with Gasteiger partial charge in [-0.3, -0.25) is 9.59 Å². The fourth-order valence-corrected chi connectivity index (χ4v) is 3.45. The van der Waals surface area contributed by atoms with Crippen molar-refractivity contribution in [3.8, 4) is 22.8 Å². The number of halogens is 1. The number of hydrogen-bond acceptors (Lipinski definition) is 6. The van der Waals surface area contributed by atoms with Crippen LogP contribution in [0.25, 0.3) is 22.8 Å². The molecule has 4 rings (SSSR count). The van der Waals surface area contributed by atoms with Crippen molar-refractivity contribution in [2.75, 3.05) is 10.6 Å². The number of aromatic nitrogens is 4. The minimum Gasteiger partial charge on any atom is -0.325 e. The van der Waals surface area contributed by atoms with E-state index in [2.05, 4.69) is 46.5 Å². The third-order valence-electron chi connectivity index (χ3n) is 5.38. The molecule has 0 radical (unpaired) electrons. The van der Waals surface area contributed by atoms with Crippen LogP contribution in [0.5, 0.6) is 0 Å². The van der Waals surface area contributed by atoms with Crippen LogP contribution in [0.1, 0.15) is 41.5 Å². The molecule has 2 N–H and O–H groups in total. The van der Waals surface area contributed by atoms with Crippen molar-refractivity contribution in [1.29, 1.82) is 0 Å². The van der Waals surface area contributed by atoms with E-state index in [-0.39, 0.29) is 11.8 Å². The van der Waals surface area contributed by atoms with Gasteiger partial charge in [0.2, 0.25) is 11.8 Å². The molecule has 0 aliphatic rings. The molecule has 8 nitrogen and oxygen atoms in total. The molecule has 0 aliphatic carbocycles. The van der Waals surface area contributed by atoms with Gasteiger partial charge in [-0.05, 0) is 42.5 Å². The first-order valence-corrected chi connectivity index (χ1v) is 13.2. The number of anilines is 2. The van der Waals surface area contributed by atoms with E-state index >= 15 is 0 Å². The molecule has 0 spiro atoms. The van der Waals surface area contributed by atoms with E-state index in [1.165, 1.54) is 0 Å². The van der Waals surface area contributed by atoms with E-state index in [0.29, 0.717) is 17.3 Å². The Morgan fingerprint density at radius 1 is 0.615 bits per heavy atom. The number of para-hydroxylation sites is 1. The first-order chi connectivity index (χ1) is 18.4. The van der Waals surface area contributed by atoms with Crippen LogP contribution in [-0.4, -0.2) is 31.8 Å². The van der Waals surface area contributed by atoms with Crippen molar-refractivity contribution >= 4 is 39.1 Å². The number of amides is 2. The summed E-state index contributed by atoms with van der Waals surface area (Å²) in [4.78, 5) is 41.1. The quantitative estimate of drug-likeness (QED) is 0.265. The van der Waals surface area contributed by atoms with Crippen molar-refractivity contribution < 1.29 is 9.59 Å². The number of carbonyl (C=O) groups is 2. The topological polar surface area (TPSA) is 110 Å². The lowest BCUT2D eigenvalue weighted by molar-refractivity contribution is -0.123. The molecule has 2 amide bonds. The van der Waals surface area contributed by atoms with Gasteiger partial charge in [-0.15, -0.1) is 0 Å². The first-order valence-electron chi connectivity index (χ1n) is 12.4. The predicted molar refractivity (Wildman–Crippen MR) is 159 cm³/mol. The highest BCUT2D eigenvalue weighted by atomic mass is 79.9. The van der Waals surface area contributed by atoms with Crippen molar-refractivity contribution in [2.45, 2.75) is 41.5 Å². The largest absolute Gasteiger partial charge is 0.325 e. The Morgan fingerprint density at radius 2 is 1.05 bits per heavy atom. The summed E-state index contributed by atoms with van der Waals surface area (Å²) in [7, 11) is 0. The number of hydrogen-bond donors (Lipinski definition) is 2. The minimum absolute atomic E-state index is 0.0316. The van der Waals surface area contributed by atoms with Gasteiger partial charge in [0.15, 0.2) is 11.6 Å². The van der Waals surface area contributed by atoms with Gasteiger partial charge in [0.25, 0.3) is 0 Å². The summed E-state index contributed by atoms with van der Waals surface area (Å²) >= 11 is 3.43. The Morgan fingerprint density at radius 3 is 1.54 bits per heavy atom. The number of nitrogens with zero attached hydrogens (tertiary/aromatic N) is 4. The van der Waals surface area contributed by atoms with Gasteiger partial charge in [0, 0.05) is 51.2 Å². The predicted octanol–water partition coefficient (Wildman–Crippen LogP) is 7.02. The van der Waals surface area contributed by atoms with E-state index in [1.54, 1.807) is 36.9 Å². The summed E-state index contributed by atoms with van der Waals surface area (Å²) in [5, 5.41) is 5.87. The maximum absolute atomic E-state index is 12.1. The Balaban J connectivity index is 0.000000216. The number of nitrogens with one attached hydrogen (secondary N) is 2. The standard InChI is InChI=1S/C15H16BrN3O.C15H17N3O/c1-15(2,3)14(20)19-12-6-5-10(16)9-11(12)13-17-7-4-8-18-13;1-15(2,3)14(19)18-12-8-5-4-7-11(12)13-16-9-6-10-17-13/h4-9H,1-3H3,(H,19,20);4-10H,1-3H3,(H,18,19).